The Labute approximate surface area is 116 Å². The van der Waals surface area contributed by atoms with E-state index in [4.69, 9.17) is 5.73 Å². The van der Waals surface area contributed by atoms with E-state index in [0.717, 1.165) is 30.9 Å². The van der Waals surface area contributed by atoms with Crippen LogP contribution in [0.3, 0.4) is 0 Å². The summed E-state index contributed by atoms with van der Waals surface area (Å²) in [5.74, 6) is 0.347. The van der Waals surface area contributed by atoms with Crippen LogP contribution in [0.5, 0.6) is 0 Å². The largest absolute Gasteiger partial charge is 0.382 e. The van der Waals surface area contributed by atoms with Gasteiger partial charge in [-0.25, -0.2) is 0 Å². The molecule has 0 bridgehead atoms. The summed E-state index contributed by atoms with van der Waals surface area (Å²) in [5, 5.41) is 10.1. The second-order valence-electron chi connectivity index (χ2n) is 4.65. The Morgan fingerprint density at radius 3 is 2.89 bits per heavy atom. The van der Waals surface area contributed by atoms with Crippen LogP contribution in [0.2, 0.25) is 0 Å². The van der Waals surface area contributed by atoms with Gasteiger partial charge in [0.1, 0.15) is 16.6 Å². The van der Waals surface area contributed by atoms with Crippen molar-refractivity contribution in [2.75, 3.05) is 17.2 Å². The fourth-order valence-corrected chi connectivity index (χ4v) is 3.28. The monoisotopic (exact) mass is 270 g/mol. The first-order valence-corrected chi connectivity index (χ1v) is 7.04. The SMILES string of the molecule is N#Cc1c(N)nsc1N1CCCc2ccccc2C1. The summed E-state index contributed by atoms with van der Waals surface area (Å²) in [6.45, 7) is 1.76. The second-order valence-corrected chi connectivity index (χ2v) is 5.41. The maximum atomic E-state index is 9.19. The average molecular weight is 270 g/mol. The summed E-state index contributed by atoms with van der Waals surface area (Å²) < 4.78 is 4.10. The highest BCUT2D eigenvalue weighted by atomic mass is 32.1. The van der Waals surface area contributed by atoms with Gasteiger partial charge in [-0.05, 0) is 35.5 Å². The predicted octanol–water partition coefficient (Wildman–Crippen LogP) is 2.55. The number of nitrogens with zero attached hydrogens (tertiary/aromatic N) is 3. The number of nitrogens with two attached hydrogens (primary N) is 1. The van der Waals surface area contributed by atoms with Gasteiger partial charge < -0.3 is 10.6 Å². The topological polar surface area (TPSA) is 65.9 Å². The zero-order valence-electron chi connectivity index (χ0n) is 10.5. The van der Waals surface area contributed by atoms with Crippen molar-refractivity contribution in [3.63, 3.8) is 0 Å². The third-order valence-electron chi connectivity index (χ3n) is 3.45. The molecule has 1 aliphatic rings. The maximum Gasteiger partial charge on any atom is 0.157 e. The summed E-state index contributed by atoms with van der Waals surface area (Å²) in [6.07, 6.45) is 2.17. The predicted molar refractivity (Wildman–Crippen MR) is 77.1 cm³/mol. The normalized spacial score (nSPS) is 14.6. The summed E-state index contributed by atoms with van der Waals surface area (Å²) in [5.41, 5.74) is 8.99. The molecule has 1 aliphatic heterocycles. The molecule has 5 heteroatoms. The molecule has 0 amide bonds. The molecular weight excluding hydrogens is 256 g/mol. The van der Waals surface area contributed by atoms with E-state index in [1.807, 2.05) is 0 Å². The molecule has 0 spiro atoms. The summed E-state index contributed by atoms with van der Waals surface area (Å²) >= 11 is 1.32. The molecule has 0 saturated carbocycles. The quantitative estimate of drug-likeness (QED) is 0.864. The van der Waals surface area contributed by atoms with Gasteiger partial charge in [-0.1, -0.05) is 24.3 Å². The van der Waals surface area contributed by atoms with Gasteiger partial charge in [0.25, 0.3) is 0 Å². The van der Waals surface area contributed by atoms with Crippen LogP contribution in [0.25, 0.3) is 0 Å². The molecule has 1 aromatic heterocycles. The number of hydrogen-bond acceptors (Lipinski definition) is 5. The Morgan fingerprint density at radius 1 is 1.32 bits per heavy atom. The Bertz CT molecular complexity index is 641. The van der Waals surface area contributed by atoms with Crippen molar-refractivity contribution in [1.82, 2.24) is 4.37 Å². The van der Waals surface area contributed by atoms with Crippen LogP contribution >= 0.6 is 11.5 Å². The fraction of sp³-hybridized carbons (Fsp3) is 0.286. The lowest BCUT2D eigenvalue weighted by atomic mass is 10.0. The second kappa shape index (κ2) is 4.90. The van der Waals surface area contributed by atoms with Crippen molar-refractivity contribution in [1.29, 1.82) is 5.26 Å². The molecule has 3 rings (SSSR count). The highest BCUT2D eigenvalue weighted by molar-refractivity contribution is 7.10. The van der Waals surface area contributed by atoms with Crippen LogP contribution in [-0.4, -0.2) is 10.9 Å². The van der Waals surface area contributed by atoms with Crippen LogP contribution in [-0.2, 0) is 13.0 Å². The number of nitriles is 1. The molecule has 0 radical (unpaired) electrons. The molecule has 19 heavy (non-hydrogen) atoms. The molecule has 96 valence electrons. The third kappa shape index (κ3) is 2.15. The van der Waals surface area contributed by atoms with Crippen molar-refractivity contribution in [2.24, 2.45) is 0 Å². The Hall–Kier alpha value is -2.06. The maximum absolute atomic E-state index is 9.19. The third-order valence-corrected chi connectivity index (χ3v) is 4.38. The van der Waals surface area contributed by atoms with Crippen LogP contribution < -0.4 is 10.6 Å². The number of aryl methyl sites for hydroxylation is 1. The number of anilines is 2. The van der Waals surface area contributed by atoms with Gasteiger partial charge >= 0.3 is 0 Å². The standard InChI is InChI=1S/C14H14N4S/c15-8-12-13(16)17-19-14(12)18-7-3-6-10-4-1-2-5-11(10)9-18/h1-2,4-5H,3,6-7,9H2,(H2,16,17). The zero-order chi connectivity index (χ0) is 13.2. The van der Waals surface area contributed by atoms with Gasteiger partial charge in [0.15, 0.2) is 5.82 Å². The number of benzene rings is 1. The molecule has 2 heterocycles. The van der Waals surface area contributed by atoms with E-state index in [1.54, 1.807) is 0 Å². The highest BCUT2D eigenvalue weighted by Gasteiger charge is 2.20. The van der Waals surface area contributed by atoms with Gasteiger partial charge in [0, 0.05) is 13.1 Å². The minimum absolute atomic E-state index is 0.347. The average Bonchev–Trinajstić information content (AvgIpc) is 2.68. The fourth-order valence-electron chi connectivity index (χ4n) is 2.49. The van der Waals surface area contributed by atoms with Crippen LogP contribution in [0, 0.1) is 11.3 Å². The molecule has 0 aliphatic carbocycles. The first-order chi connectivity index (χ1) is 9.29. The number of aromatic nitrogens is 1. The molecule has 0 fully saturated rings. The lowest BCUT2D eigenvalue weighted by molar-refractivity contribution is 0.771. The lowest BCUT2D eigenvalue weighted by Crippen LogP contribution is -2.22. The Kier molecular flexibility index (Phi) is 3.10. The van der Waals surface area contributed by atoms with Crippen molar-refractivity contribution in [3.8, 4) is 6.07 Å². The van der Waals surface area contributed by atoms with E-state index in [-0.39, 0.29) is 0 Å². The van der Waals surface area contributed by atoms with Crippen molar-refractivity contribution >= 4 is 22.4 Å². The summed E-state index contributed by atoms with van der Waals surface area (Å²) in [6, 6.07) is 10.7. The van der Waals surface area contributed by atoms with Crippen molar-refractivity contribution in [3.05, 3.63) is 41.0 Å². The Balaban J connectivity index is 1.97. The van der Waals surface area contributed by atoms with E-state index < -0.39 is 0 Å². The van der Waals surface area contributed by atoms with E-state index in [0.29, 0.717) is 11.4 Å². The van der Waals surface area contributed by atoms with E-state index in [1.165, 1.54) is 22.7 Å². The molecule has 0 saturated heterocycles. The summed E-state index contributed by atoms with van der Waals surface area (Å²) in [7, 11) is 0. The van der Waals surface area contributed by atoms with Crippen LogP contribution in [0.4, 0.5) is 10.8 Å². The first kappa shape index (κ1) is 12.0. The number of hydrogen-bond donors (Lipinski definition) is 1. The molecule has 1 aromatic carbocycles. The van der Waals surface area contributed by atoms with E-state index >= 15 is 0 Å². The van der Waals surface area contributed by atoms with Crippen LogP contribution in [0.1, 0.15) is 23.1 Å². The zero-order valence-corrected chi connectivity index (χ0v) is 11.3. The Morgan fingerprint density at radius 2 is 2.11 bits per heavy atom. The molecule has 2 aromatic rings. The van der Waals surface area contributed by atoms with Gasteiger partial charge in [0.05, 0.1) is 0 Å². The number of rotatable bonds is 1. The minimum atomic E-state index is 0.347. The van der Waals surface area contributed by atoms with Gasteiger partial charge in [0.2, 0.25) is 0 Å². The number of fused-ring (bicyclic) bond motifs is 1. The van der Waals surface area contributed by atoms with Gasteiger partial charge in [-0.2, -0.15) is 9.64 Å². The van der Waals surface area contributed by atoms with Crippen molar-refractivity contribution in [2.45, 2.75) is 19.4 Å². The van der Waals surface area contributed by atoms with Crippen LogP contribution in [0.15, 0.2) is 24.3 Å². The molecule has 0 unspecified atom stereocenters. The van der Waals surface area contributed by atoms with E-state index in [2.05, 4.69) is 39.6 Å². The van der Waals surface area contributed by atoms with Gasteiger partial charge in [-0.15, -0.1) is 0 Å². The van der Waals surface area contributed by atoms with Crippen molar-refractivity contribution < 1.29 is 0 Å². The molecule has 4 nitrogen and oxygen atoms in total. The molecule has 0 atom stereocenters. The lowest BCUT2D eigenvalue weighted by Gasteiger charge is -2.21. The first-order valence-electron chi connectivity index (χ1n) is 6.26. The highest BCUT2D eigenvalue weighted by Crippen LogP contribution is 2.32. The molecular formula is C14H14N4S. The number of nitrogen functional groups attached to an aromatic ring is 1. The molecule has 2 N–H and O–H groups in total. The summed E-state index contributed by atoms with van der Waals surface area (Å²) in [4.78, 5) is 2.22. The minimum Gasteiger partial charge on any atom is -0.382 e. The van der Waals surface area contributed by atoms with E-state index in [9.17, 15) is 5.26 Å². The van der Waals surface area contributed by atoms with Gasteiger partial charge in [-0.3, -0.25) is 0 Å². The smallest absolute Gasteiger partial charge is 0.157 e.